The molecule has 0 amide bonds. The quantitative estimate of drug-likeness (QED) is 0.278. The first-order valence-corrected chi connectivity index (χ1v) is 15.8. The Morgan fingerprint density at radius 2 is 0.357 bits per heavy atom. The third-order valence-corrected chi connectivity index (χ3v) is 12.2. The van der Waals surface area contributed by atoms with E-state index in [0.717, 1.165) is 0 Å². The van der Waals surface area contributed by atoms with Crippen molar-refractivity contribution >= 4 is 0 Å². The fourth-order valence-electron chi connectivity index (χ4n) is 4.34. The van der Waals surface area contributed by atoms with Gasteiger partial charge in [-0.3, -0.25) is 10.5 Å². The van der Waals surface area contributed by atoms with Crippen LogP contribution in [0, 0.1) is 21.7 Å². The fourth-order valence-corrected chi connectivity index (χ4v) is 4.34. The molecule has 2 aromatic carbocycles. The molecule has 0 spiro atoms. The van der Waals surface area contributed by atoms with Crippen LogP contribution in [-0.2, 0) is 21.7 Å². The lowest BCUT2D eigenvalue weighted by Crippen LogP contribution is -2.35. The van der Waals surface area contributed by atoms with Crippen molar-refractivity contribution in [2.75, 3.05) is 0 Å². The summed E-state index contributed by atoms with van der Waals surface area (Å²) in [5.41, 5.74) is 7.46. The van der Waals surface area contributed by atoms with E-state index in [-0.39, 0.29) is 43.3 Å². The highest BCUT2D eigenvalue weighted by Gasteiger charge is 2.38. The average Bonchev–Trinajstić information content (AvgIpc) is 2.83. The van der Waals surface area contributed by atoms with E-state index in [1.165, 1.54) is 22.3 Å². The summed E-state index contributed by atoms with van der Waals surface area (Å²) in [6.07, 6.45) is 0. The molecule has 2 aromatic rings. The van der Waals surface area contributed by atoms with Crippen molar-refractivity contribution in [3.8, 4) is 0 Å². The van der Waals surface area contributed by atoms with E-state index in [2.05, 4.69) is 187 Å². The molecule has 0 aliphatic rings. The minimum absolute atomic E-state index is 0.178. The van der Waals surface area contributed by atoms with E-state index < -0.39 is 0 Å². The highest BCUT2D eigenvalue weighted by Crippen LogP contribution is 2.45. The lowest BCUT2D eigenvalue weighted by Gasteiger charge is -2.41. The van der Waals surface area contributed by atoms with Crippen molar-refractivity contribution in [2.45, 2.75) is 160 Å². The van der Waals surface area contributed by atoms with Crippen molar-refractivity contribution in [3.05, 3.63) is 70.8 Å². The first-order chi connectivity index (χ1) is 18.4. The first kappa shape index (κ1) is 40.4. The highest BCUT2D eigenvalue weighted by atomic mass is 17.0. The maximum atomic E-state index is 6.00. The van der Waals surface area contributed by atoms with Gasteiger partial charge in [-0.2, -0.15) is 0 Å². The third-order valence-electron chi connectivity index (χ3n) is 12.2. The second-order valence-corrected chi connectivity index (χ2v) is 18.7. The van der Waals surface area contributed by atoms with Crippen LogP contribution in [0.5, 0.6) is 0 Å². The summed E-state index contributed by atoms with van der Waals surface area (Å²) in [4.78, 5) is 0. The van der Waals surface area contributed by atoms with Crippen LogP contribution >= 0.6 is 0 Å². The Balaban J connectivity index is 0.000000756. The number of rotatable bonds is 4. The maximum absolute atomic E-state index is 6.00. The summed E-state index contributed by atoms with van der Waals surface area (Å²) < 4.78 is 0. The topological polar surface area (TPSA) is 40.5 Å². The van der Waals surface area contributed by atoms with Gasteiger partial charge in [0.2, 0.25) is 0 Å². The van der Waals surface area contributed by atoms with Gasteiger partial charge in [-0.25, -0.2) is 0 Å². The zero-order chi connectivity index (χ0) is 34.0. The Morgan fingerprint density at radius 1 is 0.262 bits per heavy atom. The molecule has 2 heteroatoms. The Bertz CT molecular complexity index is 902. The smallest absolute Gasteiger partial charge is 0.00551 e. The maximum Gasteiger partial charge on any atom is -0.00551 e. The lowest BCUT2D eigenvalue weighted by atomic mass is 9.63. The molecule has 0 heterocycles. The molecule has 0 aliphatic heterocycles. The van der Waals surface area contributed by atoms with Gasteiger partial charge in [-0.15, -0.1) is 0 Å². The van der Waals surface area contributed by atoms with Gasteiger partial charge in [0.15, 0.2) is 0 Å². The summed E-state index contributed by atoms with van der Waals surface area (Å²) in [7, 11) is 0. The molecule has 0 aromatic heterocycles. The Labute approximate surface area is 262 Å². The molecule has 2 rings (SSSR count). The third kappa shape index (κ3) is 8.72. The van der Waals surface area contributed by atoms with Crippen LogP contribution in [0.4, 0.5) is 0 Å². The van der Waals surface area contributed by atoms with E-state index in [1.807, 2.05) is 0 Å². The predicted molar refractivity (Wildman–Crippen MR) is 188 cm³/mol. The van der Waals surface area contributed by atoms with Gasteiger partial charge >= 0.3 is 0 Å². The molecule has 242 valence electrons. The molecule has 2 N–H and O–H groups in total. The molecule has 0 bridgehead atoms. The summed E-state index contributed by atoms with van der Waals surface area (Å²) in [6, 6.07) is 18.6. The van der Waals surface area contributed by atoms with Gasteiger partial charge in [-0.1, -0.05) is 187 Å². The van der Waals surface area contributed by atoms with Crippen molar-refractivity contribution in [3.63, 3.8) is 0 Å². The van der Waals surface area contributed by atoms with Gasteiger partial charge in [0.25, 0.3) is 0 Å². The summed E-state index contributed by atoms with van der Waals surface area (Å²) in [5.74, 6) is 0. The normalized spacial score (nSPS) is 14.0. The van der Waals surface area contributed by atoms with E-state index in [0.29, 0.717) is 0 Å². The molecule has 0 aliphatic carbocycles. The molecule has 0 atom stereocenters. The largest absolute Gasteiger partial charge is 0.255 e. The molecule has 0 saturated carbocycles. The summed E-state index contributed by atoms with van der Waals surface area (Å²) >= 11 is 0. The van der Waals surface area contributed by atoms with Crippen LogP contribution in [0.25, 0.3) is 0 Å². The molecule has 0 radical (unpaired) electrons. The van der Waals surface area contributed by atoms with Crippen molar-refractivity contribution in [1.29, 1.82) is 0 Å². The second-order valence-electron chi connectivity index (χ2n) is 18.7. The average molecular weight is 583 g/mol. The Hall–Kier alpha value is -1.64. The minimum Gasteiger partial charge on any atom is -0.255 e. The number of benzene rings is 2. The molecule has 0 fully saturated rings. The van der Waals surface area contributed by atoms with Gasteiger partial charge < -0.3 is 0 Å². The molecule has 0 saturated heterocycles. The Kier molecular flexibility index (Phi) is 12.6. The lowest BCUT2D eigenvalue weighted by molar-refractivity contribution is -0.176. The molecule has 42 heavy (non-hydrogen) atoms. The first-order valence-electron chi connectivity index (χ1n) is 15.8. The monoisotopic (exact) mass is 583 g/mol. The van der Waals surface area contributed by atoms with Gasteiger partial charge in [0.05, 0.1) is 0 Å². The van der Waals surface area contributed by atoms with E-state index in [4.69, 9.17) is 10.5 Å². The van der Waals surface area contributed by atoms with E-state index >= 15 is 0 Å². The number of hydrogen-bond acceptors (Lipinski definition) is 2. The molecular formula is C40H70O2. The molecular weight excluding hydrogens is 512 g/mol. The number of hydrogen-bond donors (Lipinski definition) is 2. The highest BCUT2D eigenvalue weighted by molar-refractivity contribution is 5.35. The SMILES string of the molecule is CC(C)(C)C(C)(C)c1ccc(C(C)(C)C(C)(C)C)cc1.CC(C)(C)C(C)(C)c1ccc(C(C)(C)C(C)(C)C)cc1.OO. The predicted octanol–water partition coefficient (Wildman–Crippen LogP) is 12.7. The zero-order valence-corrected chi connectivity index (χ0v) is 31.5. The van der Waals surface area contributed by atoms with Crippen LogP contribution in [0.15, 0.2) is 48.5 Å². The standard InChI is InChI=1S/2C20H34.H2O2/c2*1-17(2,3)19(7,8)15-11-13-16(14-12-15)20(9,10)18(4,5)6;1-2/h2*11-14H,1-10H3;1-2H. The van der Waals surface area contributed by atoms with Crippen molar-refractivity contribution < 1.29 is 10.5 Å². The molecule has 2 nitrogen and oxygen atoms in total. The van der Waals surface area contributed by atoms with Crippen LogP contribution in [0.2, 0.25) is 0 Å². The van der Waals surface area contributed by atoms with Gasteiger partial charge in [0, 0.05) is 0 Å². The van der Waals surface area contributed by atoms with Crippen LogP contribution in [0.1, 0.15) is 161 Å². The Morgan fingerprint density at radius 3 is 0.429 bits per heavy atom. The van der Waals surface area contributed by atoms with Crippen LogP contribution < -0.4 is 0 Å². The second kappa shape index (κ2) is 13.2. The van der Waals surface area contributed by atoms with Gasteiger partial charge in [0.1, 0.15) is 0 Å². The summed E-state index contributed by atoms with van der Waals surface area (Å²) in [6.45, 7) is 46.6. The van der Waals surface area contributed by atoms with E-state index in [1.54, 1.807) is 0 Å². The molecule has 0 unspecified atom stereocenters. The fraction of sp³-hybridized carbons (Fsp3) is 0.700. The van der Waals surface area contributed by atoms with Crippen molar-refractivity contribution in [1.82, 2.24) is 0 Å². The zero-order valence-electron chi connectivity index (χ0n) is 31.5. The minimum atomic E-state index is 0.178. The van der Waals surface area contributed by atoms with Crippen LogP contribution in [-0.4, -0.2) is 10.5 Å². The summed E-state index contributed by atoms with van der Waals surface area (Å²) in [5, 5.41) is 12.0. The van der Waals surface area contributed by atoms with E-state index in [9.17, 15) is 0 Å². The van der Waals surface area contributed by atoms with Gasteiger partial charge in [-0.05, 0) is 65.6 Å². The van der Waals surface area contributed by atoms with Crippen molar-refractivity contribution in [2.24, 2.45) is 21.7 Å². The van der Waals surface area contributed by atoms with Crippen LogP contribution in [0.3, 0.4) is 0 Å².